The van der Waals surface area contributed by atoms with Gasteiger partial charge in [-0.1, -0.05) is 17.7 Å². The lowest BCUT2D eigenvalue weighted by molar-refractivity contribution is -0.116. The Kier molecular flexibility index (Phi) is 10.6. The first-order valence-electron chi connectivity index (χ1n) is 13.4. The van der Waals surface area contributed by atoms with Crippen LogP contribution >= 0.6 is 27.5 Å². The summed E-state index contributed by atoms with van der Waals surface area (Å²) >= 11 is 9.98. The van der Waals surface area contributed by atoms with E-state index >= 15 is 0 Å². The molecule has 0 bridgehead atoms. The molecule has 2 heterocycles. The van der Waals surface area contributed by atoms with Crippen molar-refractivity contribution < 1.29 is 14.3 Å². The molecule has 0 atom stereocenters. The van der Waals surface area contributed by atoms with Crippen molar-refractivity contribution in [2.24, 2.45) is 0 Å². The molecule has 11 heteroatoms. The number of amides is 1. The average Bonchev–Trinajstić information content (AvgIpc) is 2.95. The smallest absolute Gasteiger partial charge is 0.224 e. The van der Waals surface area contributed by atoms with Gasteiger partial charge >= 0.3 is 0 Å². The van der Waals surface area contributed by atoms with Gasteiger partial charge in [0.1, 0.15) is 28.8 Å². The Morgan fingerprint density at radius 3 is 2.67 bits per heavy atom. The third-order valence-corrected chi connectivity index (χ3v) is 7.14. The molecule has 0 unspecified atom stereocenters. The van der Waals surface area contributed by atoms with Crippen LogP contribution < -0.4 is 20.1 Å². The van der Waals surface area contributed by atoms with Crippen molar-refractivity contribution in [3.05, 3.63) is 75.1 Å². The Morgan fingerprint density at radius 2 is 1.95 bits per heavy atom. The van der Waals surface area contributed by atoms with Gasteiger partial charge in [-0.25, -0.2) is 4.98 Å². The van der Waals surface area contributed by atoms with Crippen molar-refractivity contribution in [2.75, 3.05) is 37.9 Å². The second-order valence-corrected chi connectivity index (χ2v) is 11.1. The molecule has 0 aliphatic rings. The number of rotatable bonds is 12. The first-order valence-corrected chi connectivity index (χ1v) is 14.6. The molecule has 0 radical (unpaired) electrons. The number of benzene rings is 2. The number of halogens is 2. The number of pyridine rings is 2. The Hall–Kier alpha value is -3.91. The maximum absolute atomic E-state index is 12.7. The van der Waals surface area contributed by atoms with Gasteiger partial charge in [0.15, 0.2) is 0 Å². The lowest BCUT2D eigenvalue weighted by atomic mass is 10.1. The predicted octanol–water partition coefficient (Wildman–Crippen LogP) is 7.23. The Labute approximate surface area is 258 Å². The maximum Gasteiger partial charge on any atom is 0.224 e. The van der Waals surface area contributed by atoms with Gasteiger partial charge in [0.2, 0.25) is 5.91 Å². The molecule has 0 aliphatic carbocycles. The number of hydrogen-bond donors (Lipinski definition) is 2. The quantitative estimate of drug-likeness (QED) is 0.154. The van der Waals surface area contributed by atoms with E-state index in [2.05, 4.69) is 42.6 Å². The number of fused-ring (bicyclic) bond motifs is 1. The predicted molar refractivity (Wildman–Crippen MR) is 170 cm³/mol. The van der Waals surface area contributed by atoms with Gasteiger partial charge in [0, 0.05) is 29.8 Å². The summed E-state index contributed by atoms with van der Waals surface area (Å²) in [7, 11) is 3.94. The molecule has 2 aromatic carbocycles. The number of ether oxygens (including phenoxy) is 2. The zero-order valence-corrected chi connectivity index (χ0v) is 26.3. The number of nitriles is 1. The monoisotopic (exact) mass is 650 g/mol. The first kappa shape index (κ1) is 31.0. The summed E-state index contributed by atoms with van der Waals surface area (Å²) in [5.41, 5.74) is 4.45. The summed E-state index contributed by atoms with van der Waals surface area (Å²) in [6.07, 6.45) is 2.60. The lowest BCUT2D eigenvalue weighted by Gasteiger charge is -2.17. The molecular formula is C31H32BrClN6O3. The fourth-order valence-electron chi connectivity index (χ4n) is 4.26. The number of nitrogens with one attached hydrogen (secondary N) is 2. The molecule has 2 N–H and O–H groups in total. The van der Waals surface area contributed by atoms with E-state index in [1.807, 2.05) is 51.0 Å². The van der Waals surface area contributed by atoms with Crippen molar-refractivity contribution in [1.82, 2.24) is 14.9 Å². The molecular weight excluding hydrogens is 620 g/mol. The third-order valence-electron chi connectivity index (χ3n) is 6.41. The third kappa shape index (κ3) is 7.88. The molecule has 2 aromatic heterocycles. The van der Waals surface area contributed by atoms with Crippen LogP contribution in [0.5, 0.6) is 11.5 Å². The number of hydrogen-bond acceptors (Lipinski definition) is 8. The van der Waals surface area contributed by atoms with E-state index < -0.39 is 0 Å². The summed E-state index contributed by atoms with van der Waals surface area (Å²) in [4.78, 5) is 23.7. The molecule has 0 spiro atoms. The highest BCUT2D eigenvalue weighted by Crippen LogP contribution is 2.37. The summed E-state index contributed by atoms with van der Waals surface area (Å²) in [6, 6.07) is 14.9. The fourth-order valence-corrected chi connectivity index (χ4v) is 4.84. The first-order chi connectivity index (χ1) is 20.2. The number of anilines is 3. The Morgan fingerprint density at radius 1 is 1.14 bits per heavy atom. The molecule has 0 aliphatic heterocycles. The normalized spacial score (nSPS) is 10.9. The Bertz CT molecular complexity index is 1640. The second kappa shape index (κ2) is 14.3. The van der Waals surface area contributed by atoms with Crippen LogP contribution in [0.25, 0.3) is 10.9 Å². The van der Waals surface area contributed by atoms with E-state index in [-0.39, 0.29) is 12.5 Å². The highest BCUT2D eigenvalue weighted by Gasteiger charge is 2.16. The molecule has 218 valence electrons. The molecule has 9 nitrogen and oxygen atoms in total. The molecule has 0 saturated carbocycles. The SMILES string of the molecule is CCOc1cc2ncc(C#N)c(Nc3ccc(OCc4nc(Br)ccc4C)c(Cl)c3)c2cc1NC(=O)CCCN(C)C. The van der Waals surface area contributed by atoms with Gasteiger partial charge in [-0.05, 0) is 92.7 Å². The summed E-state index contributed by atoms with van der Waals surface area (Å²) < 4.78 is 12.5. The van der Waals surface area contributed by atoms with Gasteiger partial charge in [-0.3, -0.25) is 9.78 Å². The second-order valence-electron chi connectivity index (χ2n) is 9.87. The molecule has 4 rings (SSSR count). The number of aromatic nitrogens is 2. The topological polar surface area (TPSA) is 112 Å². The van der Waals surface area contributed by atoms with Gasteiger partial charge in [-0.15, -0.1) is 0 Å². The fraction of sp³-hybridized carbons (Fsp3) is 0.290. The van der Waals surface area contributed by atoms with Crippen LogP contribution in [-0.4, -0.2) is 48.0 Å². The molecule has 1 amide bonds. The summed E-state index contributed by atoms with van der Waals surface area (Å²) in [6.45, 7) is 5.33. The van der Waals surface area contributed by atoms with Gasteiger partial charge in [0.05, 0.1) is 39.8 Å². The Balaban J connectivity index is 1.62. The standard InChI is InChI=1S/C31H32BrClN6O3/c1-5-41-28-15-24-22(14-25(28)38-30(40)7-6-12-39(3)4)31(20(16-34)17-35-24)36-21-9-10-27(23(33)13-21)42-18-26-19(2)8-11-29(32)37-26/h8-11,13-15,17H,5-7,12,18H2,1-4H3,(H,35,36)(H,38,40). The lowest BCUT2D eigenvalue weighted by Crippen LogP contribution is -2.17. The largest absolute Gasteiger partial charge is 0.492 e. The molecule has 0 fully saturated rings. The van der Waals surface area contributed by atoms with Crippen LogP contribution in [0.4, 0.5) is 17.1 Å². The highest BCUT2D eigenvalue weighted by atomic mass is 79.9. The van der Waals surface area contributed by atoms with Crippen molar-refractivity contribution in [2.45, 2.75) is 33.3 Å². The average molecular weight is 652 g/mol. The van der Waals surface area contributed by atoms with E-state index in [9.17, 15) is 10.1 Å². The van der Waals surface area contributed by atoms with Gasteiger partial charge < -0.3 is 25.0 Å². The number of carbonyl (C=O) groups excluding carboxylic acids is 1. The minimum Gasteiger partial charge on any atom is -0.492 e. The zero-order chi connectivity index (χ0) is 30.2. The van der Waals surface area contributed by atoms with Gasteiger partial charge in [0.25, 0.3) is 0 Å². The van der Waals surface area contributed by atoms with Crippen LogP contribution in [0, 0.1) is 18.3 Å². The number of aryl methyl sites for hydroxylation is 1. The van der Waals surface area contributed by atoms with E-state index in [1.54, 1.807) is 24.3 Å². The van der Waals surface area contributed by atoms with Crippen molar-refractivity contribution in [3.63, 3.8) is 0 Å². The van der Waals surface area contributed by atoms with E-state index in [1.165, 1.54) is 6.20 Å². The molecule has 42 heavy (non-hydrogen) atoms. The van der Waals surface area contributed by atoms with Crippen LogP contribution in [0.2, 0.25) is 5.02 Å². The van der Waals surface area contributed by atoms with Crippen molar-refractivity contribution in [3.8, 4) is 17.6 Å². The highest BCUT2D eigenvalue weighted by molar-refractivity contribution is 9.10. The summed E-state index contributed by atoms with van der Waals surface area (Å²) in [5.74, 6) is 0.893. The van der Waals surface area contributed by atoms with Gasteiger partial charge in [-0.2, -0.15) is 5.26 Å². The number of nitrogens with zero attached hydrogens (tertiary/aromatic N) is 4. The van der Waals surface area contributed by atoms with E-state index in [0.29, 0.717) is 63.1 Å². The van der Waals surface area contributed by atoms with Crippen LogP contribution in [-0.2, 0) is 11.4 Å². The minimum absolute atomic E-state index is 0.119. The van der Waals surface area contributed by atoms with E-state index in [0.717, 1.165) is 28.8 Å². The van der Waals surface area contributed by atoms with Crippen LogP contribution in [0.3, 0.4) is 0 Å². The maximum atomic E-state index is 12.7. The minimum atomic E-state index is -0.119. The van der Waals surface area contributed by atoms with Crippen LogP contribution in [0.15, 0.2) is 53.3 Å². The van der Waals surface area contributed by atoms with Crippen molar-refractivity contribution in [1.29, 1.82) is 5.26 Å². The number of carbonyl (C=O) groups is 1. The van der Waals surface area contributed by atoms with E-state index in [4.69, 9.17) is 21.1 Å². The zero-order valence-electron chi connectivity index (χ0n) is 23.9. The van der Waals surface area contributed by atoms with Crippen LogP contribution in [0.1, 0.15) is 36.6 Å². The molecule has 0 saturated heterocycles. The summed E-state index contributed by atoms with van der Waals surface area (Å²) in [5, 5.41) is 17.2. The molecule has 4 aromatic rings. The van der Waals surface area contributed by atoms with Crippen molar-refractivity contribution >= 4 is 61.4 Å².